The van der Waals surface area contributed by atoms with Crippen LogP contribution >= 0.6 is 0 Å². The van der Waals surface area contributed by atoms with Crippen molar-refractivity contribution in [2.24, 2.45) is 5.73 Å². The van der Waals surface area contributed by atoms with Gasteiger partial charge in [0.15, 0.2) is 0 Å². The Morgan fingerprint density at radius 2 is 1.19 bits per heavy atom. The first-order chi connectivity index (χ1) is 12.5. The fourth-order valence-electron chi connectivity index (χ4n) is 2.60. The van der Waals surface area contributed by atoms with E-state index in [0.29, 0.717) is 0 Å². The SMILES string of the molecule is N[C@@H](CCC(=O)O)C(=O)O.[CH2-]CCCCCCCCCCCCCCC.[Na+]. The van der Waals surface area contributed by atoms with Gasteiger partial charge in [-0.25, -0.2) is 0 Å². The van der Waals surface area contributed by atoms with Crippen LogP contribution in [0, 0.1) is 6.92 Å². The molecule has 5 nitrogen and oxygen atoms in total. The van der Waals surface area contributed by atoms with Crippen LogP contribution in [0.15, 0.2) is 0 Å². The maximum Gasteiger partial charge on any atom is 1.00 e. The van der Waals surface area contributed by atoms with Crippen LogP contribution in [-0.4, -0.2) is 28.2 Å². The third kappa shape index (κ3) is 30.8. The smallest absolute Gasteiger partial charge is 0.481 e. The maximum absolute atomic E-state index is 9.99. The van der Waals surface area contributed by atoms with Gasteiger partial charge in [-0.3, -0.25) is 9.59 Å². The number of unbranched alkanes of at least 4 members (excludes halogenated alkanes) is 13. The number of carbonyl (C=O) groups is 2. The topological polar surface area (TPSA) is 101 Å². The Bertz CT molecular complexity index is 313. The molecular weight excluding hydrogens is 353 g/mol. The molecule has 0 aromatic heterocycles. The molecule has 0 aromatic carbocycles. The number of hydrogen-bond acceptors (Lipinski definition) is 3. The van der Waals surface area contributed by atoms with Crippen molar-refractivity contribution in [3.8, 4) is 0 Å². The molecule has 4 N–H and O–H groups in total. The van der Waals surface area contributed by atoms with Crippen LogP contribution in [0.25, 0.3) is 0 Å². The van der Waals surface area contributed by atoms with Crippen molar-refractivity contribution in [2.45, 2.75) is 116 Å². The average molecular weight is 396 g/mol. The predicted molar refractivity (Wildman–Crippen MR) is 108 cm³/mol. The third-order valence-electron chi connectivity index (χ3n) is 4.34. The van der Waals surface area contributed by atoms with Crippen LogP contribution in [0.1, 0.15) is 110 Å². The largest absolute Gasteiger partial charge is 1.00 e. The Kier molecular flexibility index (Phi) is 30.3. The molecular formula is C21H42NNaO4. The minimum atomic E-state index is -1.17. The van der Waals surface area contributed by atoms with Gasteiger partial charge in [0.05, 0.1) is 0 Å². The maximum atomic E-state index is 9.99. The van der Waals surface area contributed by atoms with E-state index in [0.717, 1.165) is 6.42 Å². The Morgan fingerprint density at radius 1 is 0.815 bits per heavy atom. The summed E-state index contributed by atoms with van der Waals surface area (Å²) in [5.74, 6) is -2.20. The van der Waals surface area contributed by atoms with Gasteiger partial charge in [-0.2, -0.15) is 6.42 Å². The van der Waals surface area contributed by atoms with E-state index in [4.69, 9.17) is 15.9 Å². The summed E-state index contributed by atoms with van der Waals surface area (Å²) in [5, 5.41) is 16.3. The molecule has 0 aromatic rings. The first kappa shape index (κ1) is 31.6. The van der Waals surface area contributed by atoms with E-state index in [2.05, 4.69) is 13.8 Å². The summed E-state index contributed by atoms with van der Waals surface area (Å²) >= 11 is 0. The average Bonchev–Trinajstić information content (AvgIpc) is 2.61. The van der Waals surface area contributed by atoms with E-state index < -0.39 is 18.0 Å². The van der Waals surface area contributed by atoms with Gasteiger partial charge in [0.2, 0.25) is 0 Å². The van der Waals surface area contributed by atoms with Crippen LogP contribution in [-0.2, 0) is 9.59 Å². The molecule has 0 rings (SSSR count). The predicted octanol–water partition coefficient (Wildman–Crippen LogP) is 2.57. The molecule has 0 aliphatic rings. The Labute approximate surface area is 189 Å². The quantitative estimate of drug-likeness (QED) is 0.200. The van der Waals surface area contributed by atoms with Gasteiger partial charge >= 0.3 is 41.5 Å². The van der Waals surface area contributed by atoms with Crippen molar-refractivity contribution >= 4 is 11.9 Å². The Balaban J connectivity index is -0.000000454. The molecule has 0 saturated heterocycles. The summed E-state index contributed by atoms with van der Waals surface area (Å²) in [6.07, 6.45) is 19.6. The molecule has 27 heavy (non-hydrogen) atoms. The number of carboxylic acid groups (broad SMARTS) is 2. The molecule has 0 aliphatic carbocycles. The summed E-state index contributed by atoms with van der Waals surface area (Å²) in [7, 11) is 0. The van der Waals surface area contributed by atoms with Crippen LogP contribution in [0.5, 0.6) is 0 Å². The first-order valence-electron chi connectivity index (χ1n) is 10.4. The van der Waals surface area contributed by atoms with Gasteiger partial charge in [-0.05, 0) is 6.42 Å². The van der Waals surface area contributed by atoms with Crippen LogP contribution in [0.4, 0.5) is 0 Å². The van der Waals surface area contributed by atoms with Crippen molar-refractivity contribution in [2.75, 3.05) is 0 Å². The van der Waals surface area contributed by atoms with E-state index in [1.165, 1.54) is 83.5 Å². The van der Waals surface area contributed by atoms with Gasteiger partial charge in [-0.15, -0.1) is 0 Å². The van der Waals surface area contributed by atoms with Gasteiger partial charge in [0.25, 0.3) is 0 Å². The van der Waals surface area contributed by atoms with Crippen molar-refractivity contribution in [3.63, 3.8) is 0 Å². The minimum Gasteiger partial charge on any atom is -0.481 e. The van der Waals surface area contributed by atoms with Gasteiger partial charge < -0.3 is 22.9 Å². The Hall–Kier alpha value is -0.100. The summed E-state index contributed by atoms with van der Waals surface area (Å²) < 4.78 is 0. The molecule has 1 atom stereocenters. The van der Waals surface area contributed by atoms with E-state index in [1.807, 2.05) is 0 Å². The van der Waals surface area contributed by atoms with E-state index >= 15 is 0 Å². The summed E-state index contributed by atoms with van der Waals surface area (Å²) in [6, 6.07) is -1.06. The number of nitrogens with two attached hydrogens (primary N) is 1. The monoisotopic (exact) mass is 395 g/mol. The van der Waals surface area contributed by atoms with Crippen molar-refractivity contribution < 1.29 is 49.4 Å². The minimum absolute atomic E-state index is 0. The van der Waals surface area contributed by atoms with Crippen molar-refractivity contribution in [3.05, 3.63) is 6.92 Å². The third-order valence-corrected chi connectivity index (χ3v) is 4.34. The summed E-state index contributed by atoms with van der Waals surface area (Å²) in [4.78, 5) is 19.9. The molecule has 0 fully saturated rings. The number of carboxylic acids is 2. The molecule has 0 unspecified atom stereocenters. The van der Waals surface area contributed by atoms with E-state index in [9.17, 15) is 9.59 Å². The molecule has 6 heteroatoms. The number of aliphatic carboxylic acids is 2. The molecule has 0 aliphatic heterocycles. The van der Waals surface area contributed by atoms with Gasteiger partial charge in [0.1, 0.15) is 6.04 Å². The fourth-order valence-corrected chi connectivity index (χ4v) is 2.60. The molecule has 0 spiro atoms. The van der Waals surface area contributed by atoms with E-state index in [1.54, 1.807) is 0 Å². The molecule has 0 amide bonds. The summed E-state index contributed by atoms with van der Waals surface area (Å²) in [5.41, 5.74) is 5.00. The van der Waals surface area contributed by atoms with E-state index in [-0.39, 0.29) is 42.4 Å². The van der Waals surface area contributed by atoms with Crippen LogP contribution in [0.3, 0.4) is 0 Å². The zero-order valence-corrected chi connectivity index (χ0v) is 19.9. The molecule has 0 radical (unpaired) electrons. The molecule has 0 saturated carbocycles. The number of rotatable bonds is 17. The molecule has 156 valence electrons. The van der Waals surface area contributed by atoms with Gasteiger partial charge in [0, 0.05) is 6.42 Å². The second-order valence-corrected chi connectivity index (χ2v) is 6.97. The second-order valence-electron chi connectivity index (χ2n) is 6.97. The first-order valence-corrected chi connectivity index (χ1v) is 10.4. The molecule has 0 heterocycles. The van der Waals surface area contributed by atoms with Crippen LogP contribution in [0.2, 0.25) is 0 Å². The normalized spacial score (nSPS) is 11.1. The molecule has 0 bridgehead atoms. The van der Waals surface area contributed by atoms with Crippen molar-refractivity contribution in [1.29, 1.82) is 0 Å². The standard InChI is InChI=1S/C16H33.C5H9NO4.Na/c1-3-5-7-9-11-13-15-16-14-12-10-8-6-4-2;6-3(5(9)10)1-2-4(7)8;/h1,3-16H2,2H3;3H,1-2,6H2,(H,7,8)(H,9,10);/q-1;;+1/t;3-;/m.0./s1. The summed E-state index contributed by atoms with van der Waals surface area (Å²) in [6.45, 7) is 6.16. The van der Waals surface area contributed by atoms with Crippen molar-refractivity contribution in [1.82, 2.24) is 0 Å². The zero-order valence-electron chi connectivity index (χ0n) is 17.9. The fraction of sp³-hybridized carbons (Fsp3) is 0.857. The number of hydrogen-bond donors (Lipinski definition) is 3. The zero-order chi connectivity index (χ0) is 20.0. The van der Waals surface area contributed by atoms with Crippen LogP contribution < -0.4 is 35.3 Å². The Morgan fingerprint density at radius 3 is 1.48 bits per heavy atom. The second kappa shape index (κ2) is 25.9. The van der Waals surface area contributed by atoms with Gasteiger partial charge in [-0.1, -0.05) is 90.4 Å².